The van der Waals surface area contributed by atoms with Crippen LogP contribution in [-0.4, -0.2) is 45.0 Å². The third-order valence-electron chi connectivity index (χ3n) is 5.85. The first kappa shape index (κ1) is 24.5. The lowest BCUT2D eigenvalue weighted by atomic mass is 10.2. The molecule has 1 aliphatic rings. The summed E-state index contributed by atoms with van der Waals surface area (Å²) in [7, 11) is 0. The Hall–Kier alpha value is -4.24. The number of nitrogens with one attached hydrogen (secondary N) is 1. The quantitative estimate of drug-likeness (QED) is 0.316. The van der Waals surface area contributed by atoms with Gasteiger partial charge in [0.05, 0.1) is 17.1 Å². The fourth-order valence-electron chi connectivity index (χ4n) is 4.02. The first-order chi connectivity index (χ1) is 18.0. The molecule has 2 aromatic carbocycles. The van der Waals surface area contributed by atoms with Crippen molar-refractivity contribution in [3.63, 3.8) is 0 Å². The molecule has 8 nitrogen and oxygen atoms in total. The van der Waals surface area contributed by atoms with Crippen LogP contribution in [0.25, 0.3) is 11.0 Å². The number of benzene rings is 2. The fourth-order valence-corrected chi connectivity index (χ4v) is 4.26. The van der Waals surface area contributed by atoms with Gasteiger partial charge in [-0.15, -0.1) is 0 Å². The highest BCUT2D eigenvalue weighted by Gasteiger charge is 2.26. The molecule has 1 saturated heterocycles. The van der Waals surface area contributed by atoms with Gasteiger partial charge in [0.1, 0.15) is 36.1 Å². The molecule has 1 aliphatic heterocycles. The van der Waals surface area contributed by atoms with Crippen molar-refractivity contribution < 1.29 is 18.7 Å². The van der Waals surface area contributed by atoms with Crippen LogP contribution in [-0.2, 0) is 11.4 Å². The largest absolute Gasteiger partial charge is 0.487 e. The number of ether oxygens (including phenoxy) is 2. The van der Waals surface area contributed by atoms with Crippen molar-refractivity contribution in [2.75, 3.05) is 18.4 Å². The smallest absolute Gasteiger partial charge is 0.246 e. The highest BCUT2D eigenvalue weighted by molar-refractivity contribution is 6.32. The molecule has 3 heterocycles. The fraction of sp³-hybridized carbons (Fsp3) is 0.185. The molecule has 4 aromatic rings. The molecule has 2 aromatic heterocycles. The summed E-state index contributed by atoms with van der Waals surface area (Å²) in [4.78, 5) is 26.8. The van der Waals surface area contributed by atoms with Gasteiger partial charge >= 0.3 is 0 Å². The number of likely N-dealkylation sites (tertiary alicyclic amines) is 1. The van der Waals surface area contributed by atoms with Gasteiger partial charge in [0.25, 0.3) is 0 Å². The predicted octanol–water partition coefficient (Wildman–Crippen LogP) is 5.31. The number of pyridine rings is 1. The Kier molecular flexibility index (Phi) is 7.14. The third kappa shape index (κ3) is 5.78. The maximum atomic E-state index is 13.4. The van der Waals surface area contributed by atoms with Crippen LogP contribution >= 0.6 is 11.6 Å². The Morgan fingerprint density at radius 3 is 2.92 bits per heavy atom. The van der Waals surface area contributed by atoms with Crippen LogP contribution in [0.3, 0.4) is 0 Å². The number of carbonyl (C=O) groups is 1. The molecule has 1 fully saturated rings. The molecule has 188 valence electrons. The summed E-state index contributed by atoms with van der Waals surface area (Å²) in [5, 5.41) is 3.61. The second-order valence-electron chi connectivity index (χ2n) is 8.45. The van der Waals surface area contributed by atoms with Crippen LogP contribution in [0.5, 0.6) is 11.6 Å². The van der Waals surface area contributed by atoms with E-state index >= 15 is 0 Å². The van der Waals surface area contributed by atoms with Gasteiger partial charge in [-0.1, -0.05) is 30.3 Å². The van der Waals surface area contributed by atoms with Crippen molar-refractivity contribution in [3.8, 4) is 11.6 Å². The lowest BCUT2D eigenvalue weighted by Crippen LogP contribution is -2.29. The van der Waals surface area contributed by atoms with Crippen LogP contribution < -0.4 is 14.8 Å². The number of aromatic nitrogens is 3. The number of carbonyl (C=O) groups excluding carboxylic acids is 1. The van der Waals surface area contributed by atoms with Crippen LogP contribution in [0.4, 0.5) is 15.9 Å². The Morgan fingerprint density at radius 1 is 1.22 bits per heavy atom. The average Bonchev–Trinajstić information content (AvgIpc) is 3.36. The summed E-state index contributed by atoms with van der Waals surface area (Å²) in [5.74, 6) is 0.941. The Balaban J connectivity index is 1.29. The summed E-state index contributed by atoms with van der Waals surface area (Å²) in [6.45, 7) is 4.81. The lowest BCUT2D eigenvalue weighted by molar-refractivity contribution is -0.125. The van der Waals surface area contributed by atoms with Crippen molar-refractivity contribution in [2.45, 2.75) is 19.1 Å². The molecule has 37 heavy (non-hydrogen) atoms. The zero-order valence-corrected chi connectivity index (χ0v) is 20.5. The summed E-state index contributed by atoms with van der Waals surface area (Å²) in [6.07, 6.45) is 3.30. The van der Waals surface area contributed by atoms with Crippen molar-refractivity contribution in [1.29, 1.82) is 0 Å². The van der Waals surface area contributed by atoms with Gasteiger partial charge in [-0.05, 0) is 48.0 Å². The van der Waals surface area contributed by atoms with E-state index in [9.17, 15) is 9.18 Å². The molecule has 0 radical (unpaired) electrons. The molecule has 1 atom stereocenters. The Bertz CT molecular complexity index is 1470. The molecular formula is C27H23ClFN5O3. The number of amides is 1. The first-order valence-electron chi connectivity index (χ1n) is 11.6. The van der Waals surface area contributed by atoms with Crippen molar-refractivity contribution in [3.05, 3.63) is 90.0 Å². The number of halogens is 2. The van der Waals surface area contributed by atoms with Gasteiger partial charge in [-0.2, -0.15) is 0 Å². The molecule has 10 heteroatoms. The molecule has 0 bridgehead atoms. The SMILES string of the molecule is C=CC(=O)N1CC[C@H](Oc2ccc3ncnc(Nc4ccc(OCc5cccc(F)c5)c(Cl)c4)c3n2)C1. The van der Waals surface area contributed by atoms with Crippen LogP contribution in [0.1, 0.15) is 12.0 Å². The van der Waals surface area contributed by atoms with Gasteiger partial charge in [-0.25, -0.2) is 19.3 Å². The minimum atomic E-state index is -0.320. The Morgan fingerprint density at radius 2 is 2.11 bits per heavy atom. The maximum Gasteiger partial charge on any atom is 0.246 e. The number of fused-ring (bicyclic) bond motifs is 1. The number of hydrogen-bond donors (Lipinski definition) is 1. The van der Waals surface area contributed by atoms with E-state index in [0.29, 0.717) is 64.3 Å². The van der Waals surface area contributed by atoms with E-state index in [0.717, 1.165) is 0 Å². The van der Waals surface area contributed by atoms with Crippen molar-refractivity contribution >= 4 is 40.0 Å². The zero-order chi connectivity index (χ0) is 25.8. The van der Waals surface area contributed by atoms with Gasteiger partial charge in [0.15, 0.2) is 5.82 Å². The van der Waals surface area contributed by atoms with Gasteiger partial charge in [0.2, 0.25) is 11.8 Å². The van der Waals surface area contributed by atoms with Gasteiger partial charge in [0, 0.05) is 24.7 Å². The summed E-state index contributed by atoms with van der Waals surface area (Å²) in [5.41, 5.74) is 2.54. The Labute approximate surface area is 217 Å². The molecule has 1 amide bonds. The number of anilines is 2. The topological polar surface area (TPSA) is 89.5 Å². The standard InChI is InChI=1S/C27H23ClFN5O3/c1-2-25(35)34-11-10-20(14-34)37-24-9-7-22-26(33-24)27(31-16-30-22)32-19-6-8-23(21(28)13-19)36-15-17-4-3-5-18(29)12-17/h2-9,12-13,16,20H,1,10-11,14-15H2,(H,30,31,32)/t20-/m0/s1. The molecule has 0 unspecified atom stereocenters. The zero-order valence-electron chi connectivity index (χ0n) is 19.7. The normalized spacial score (nSPS) is 15.0. The van der Waals surface area contributed by atoms with Crippen LogP contribution in [0.15, 0.2) is 73.6 Å². The highest BCUT2D eigenvalue weighted by atomic mass is 35.5. The summed E-state index contributed by atoms with van der Waals surface area (Å²) in [6, 6.07) is 15.0. The van der Waals surface area contributed by atoms with E-state index in [1.807, 2.05) is 6.07 Å². The van der Waals surface area contributed by atoms with E-state index in [4.69, 9.17) is 21.1 Å². The minimum absolute atomic E-state index is 0.110. The van der Waals surface area contributed by atoms with E-state index in [1.54, 1.807) is 41.3 Å². The third-order valence-corrected chi connectivity index (χ3v) is 6.15. The first-order valence-corrected chi connectivity index (χ1v) is 12.0. The van der Waals surface area contributed by atoms with E-state index in [2.05, 4.69) is 26.8 Å². The number of nitrogens with zero attached hydrogens (tertiary/aromatic N) is 4. The molecule has 0 spiro atoms. The number of rotatable bonds is 8. The monoisotopic (exact) mass is 519 g/mol. The molecule has 1 N–H and O–H groups in total. The summed E-state index contributed by atoms with van der Waals surface area (Å²) >= 11 is 6.43. The minimum Gasteiger partial charge on any atom is -0.487 e. The molecule has 0 aliphatic carbocycles. The molecule has 0 saturated carbocycles. The lowest BCUT2D eigenvalue weighted by Gasteiger charge is -2.16. The van der Waals surface area contributed by atoms with Crippen LogP contribution in [0.2, 0.25) is 5.02 Å². The van der Waals surface area contributed by atoms with E-state index in [-0.39, 0.29) is 24.4 Å². The second kappa shape index (κ2) is 10.8. The molecule has 5 rings (SSSR count). The van der Waals surface area contributed by atoms with Gasteiger partial charge < -0.3 is 19.7 Å². The summed E-state index contributed by atoms with van der Waals surface area (Å²) < 4.78 is 25.2. The average molecular weight is 520 g/mol. The highest BCUT2D eigenvalue weighted by Crippen LogP contribution is 2.31. The van der Waals surface area contributed by atoms with E-state index in [1.165, 1.54) is 24.5 Å². The van der Waals surface area contributed by atoms with Crippen molar-refractivity contribution in [1.82, 2.24) is 19.9 Å². The number of hydrogen-bond acceptors (Lipinski definition) is 7. The predicted molar refractivity (Wildman–Crippen MR) is 139 cm³/mol. The van der Waals surface area contributed by atoms with E-state index < -0.39 is 0 Å². The molecular weight excluding hydrogens is 497 g/mol. The second-order valence-corrected chi connectivity index (χ2v) is 8.85. The van der Waals surface area contributed by atoms with Gasteiger partial charge in [-0.3, -0.25) is 4.79 Å². The van der Waals surface area contributed by atoms with Crippen molar-refractivity contribution in [2.24, 2.45) is 0 Å². The van der Waals surface area contributed by atoms with Crippen LogP contribution in [0, 0.1) is 5.82 Å². The maximum absolute atomic E-state index is 13.4.